The topological polar surface area (TPSA) is 29.3 Å². The molecule has 2 N–H and O–H groups in total. The van der Waals surface area contributed by atoms with Crippen molar-refractivity contribution in [1.29, 1.82) is 0 Å². The monoisotopic (exact) mass is 232 g/mol. The molecule has 94 valence electrons. The van der Waals surface area contributed by atoms with Gasteiger partial charge in [-0.25, -0.2) is 0 Å². The summed E-state index contributed by atoms with van der Waals surface area (Å²) in [7, 11) is 0. The van der Waals surface area contributed by atoms with Crippen molar-refractivity contribution in [2.75, 3.05) is 13.1 Å². The summed E-state index contributed by atoms with van der Waals surface area (Å²) in [5.74, 6) is 0. The summed E-state index contributed by atoms with van der Waals surface area (Å²) >= 11 is 0. The molecular weight excluding hydrogens is 208 g/mol. The van der Waals surface area contributed by atoms with Crippen molar-refractivity contribution in [1.82, 2.24) is 4.90 Å². The Labute approximate surface area is 105 Å². The maximum absolute atomic E-state index is 6.04. The third kappa shape index (κ3) is 2.53. The summed E-state index contributed by atoms with van der Waals surface area (Å²) < 4.78 is 0. The average Bonchev–Trinajstić information content (AvgIpc) is 3.11. The molecule has 0 amide bonds. The number of hydrogen-bond acceptors (Lipinski definition) is 2. The van der Waals surface area contributed by atoms with Gasteiger partial charge in [-0.2, -0.15) is 0 Å². The smallest absolute Gasteiger partial charge is 0.0478 e. The third-order valence-electron chi connectivity index (χ3n) is 3.88. The molecule has 2 rings (SSSR count). The number of nitrogens with zero attached hydrogens (tertiary/aromatic N) is 1. The van der Waals surface area contributed by atoms with Gasteiger partial charge in [0.2, 0.25) is 0 Å². The zero-order valence-electron chi connectivity index (χ0n) is 11.2. The highest BCUT2D eigenvalue weighted by Gasteiger charge is 2.33. The number of aryl methyl sites for hydroxylation is 2. The molecule has 2 heteroatoms. The van der Waals surface area contributed by atoms with Crippen molar-refractivity contribution in [3.8, 4) is 0 Å². The van der Waals surface area contributed by atoms with Gasteiger partial charge in [0.25, 0.3) is 0 Å². The van der Waals surface area contributed by atoms with E-state index in [4.69, 9.17) is 5.73 Å². The lowest BCUT2D eigenvalue weighted by molar-refractivity contribution is 0.201. The lowest BCUT2D eigenvalue weighted by Crippen LogP contribution is -2.36. The van der Waals surface area contributed by atoms with E-state index in [1.165, 1.54) is 29.5 Å². The Morgan fingerprint density at radius 3 is 2.29 bits per heavy atom. The highest BCUT2D eigenvalue weighted by Crippen LogP contribution is 2.35. The SMILES string of the molecule is CCN(C1CC1)C(CN)c1c(C)cccc1C. The van der Waals surface area contributed by atoms with Gasteiger partial charge in [-0.1, -0.05) is 25.1 Å². The van der Waals surface area contributed by atoms with Crippen molar-refractivity contribution < 1.29 is 0 Å². The predicted octanol–water partition coefficient (Wildman–Crippen LogP) is 2.79. The fourth-order valence-electron chi connectivity index (χ4n) is 2.91. The largest absolute Gasteiger partial charge is 0.329 e. The quantitative estimate of drug-likeness (QED) is 0.846. The molecule has 17 heavy (non-hydrogen) atoms. The van der Waals surface area contributed by atoms with Crippen molar-refractivity contribution in [3.63, 3.8) is 0 Å². The van der Waals surface area contributed by atoms with E-state index >= 15 is 0 Å². The summed E-state index contributed by atoms with van der Waals surface area (Å²) in [5, 5.41) is 0. The molecule has 0 aromatic heterocycles. The summed E-state index contributed by atoms with van der Waals surface area (Å²) in [6.45, 7) is 8.46. The van der Waals surface area contributed by atoms with E-state index in [9.17, 15) is 0 Å². The molecule has 0 radical (unpaired) electrons. The Kier molecular flexibility index (Phi) is 3.85. The van der Waals surface area contributed by atoms with Crippen LogP contribution in [0.2, 0.25) is 0 Å². The zero-order valence-corrected chi connectivity index (χ0v) is 11.2. The van der Waals surface area contributed by atoms with Crippen LogP contribution in [0.1, 0.15) is 42.5 Å². The van der Waals surface area contributed by atoms with Gasteiger partial charge in [0.05, 0.1) is 0 Å². The van der Waals surface area contributed by atoms with E-state index < -0.39 is 0 Å². The maximum atomic E-state index is 6.04. The van der Waals surface area contributed by atoms with Gasteiger partial charge in [0, 0.05) is 18.6 Å². The van der Waals surface area contributed by atoms with Gasteiger partial charge in [-0.15, -0.1) is 0 Å². The van der Waals surface area contributed by atoms with Crippen molar-refractivity contribution in [2.24, 2.45) is 5.73 Å². The van der Waals surface area contributed by atoms with E-state index in [-0.39, 0.29) is 0 Å². The fraction of sp³-hybridized carbons (Fsp3) is 0.600. The normalized spacial score (nSPS) is 17.5. The minimum Gasteiger partial charge on any atom is -0.329 e. The van der Waals surface area contributed by atoms with Crippen molar-refractivity contribution in [3.05, 3.63) is 34.9 Å². The van der Waals surface area contributed by atoms with E-state index in [1.807, 2.05) is 0 Å². The third-order valence-corrected chi connectivity index (χ3v) is 3.88. The van der Waals surface area contributed by atoms with Crippen LogP contribution in [0.5, 0.6) is 0 Å². The second-order valence-electron chi connectivity index (χ2n) is 5.12. The Bertz CT molecular complexity index is 362. The van der Waals surface area contributed by atoms with Gasteiger partial charge in [0.15, 0.2) is 0 Å². The maximum Gasteiger partial charge on any atom is 0.0478 e. The molecule has 1 aromatic rings. The molecule has 0 bridgehead atoms. The fourth-order valence-corrected chi connectivity index (χ4v) is 2.91. The van der Waals surface area contributed by atoms with Gasteiger partial charge in [-0.3, -0.25) is 4.90 Å². The molecule has 1 saturated carbocycles. The first-order chi connectivity index (χ1) is 8.19. The summed E-state index contributed by atoms with van der Waals surface area (Å²) in [6, 6.07) is 7.70. The van der Waals surface area contributed by atoms with Gasteiger partial charge in [0.1, 0.15) is 0 Å². The number of rotatable bonds is 5. The van der Waals surface area contributed by atoms with Crippen molar-refractivity contribution in [2.45, 2.75) is 45.7 Å². The van der Waals surface area contributed by atoms with Crippen molar-refractivity contribution >= 4 is 0 Å². The first kappa shape index (κ1) is 12.6. The second-order valence-corrected chi connectivity index (χ2v) is 5.12. The molecule has 0 aliphatic heterocycles. The molecule has 2 nitrogen and oxygen atoms in total. The summed E-state index contributed by atoms with van der Waals surface area (Å²) in [5.41, 5.74) is 10.2. The lowest BCUT2D eigenvalue weighted by atomic mass is 9.95. The molecule has 1 unspecified atom stereocenters. The molecule has 1 aromatic carbocycles. The van der Waals surface area contributed by atoms with Crippen LogP contribution in [0, 0.1) is 13.8 Å². The molecule has 1 atom stereocenters. The molecule has 1 aliphatic carbocycles. The Morgan fingerprint density at radius 1 is 1.29 bits per heavy atom. The van der Waals surface area contributed by atoms with Crippen LogP contribution in [-0.4, -0.2) is 24.0 Å². The van der Waals surface area contributed by atoms with Crippen LogP contribution >= 0.6 is 0 Å². The number of nitrogens with two attached hydrogens (primary N) is 1. The summed E-state index contributed by atoms with van der Waals surface area (Å²) in [4.78, 5) is 2.58. The highest BCUT2D eigenvalue weighted by atomic mass is 15.2. The number of benzene rings is 1. The van der Waals surface area contributed by atoms with E-state index in [2.05, 4.69) is 43.9 Å². The van der Waals surface area contributed by atoms with E-state index in [0.29, 0.717) is 6.04 Å². The zero-order chi connectivity index (χ0) is 12.4. The van der Waals surface area contributed by atoms with Crippen LogP contribution in [-0.2, 0) is 0 Å². The number of likely N-dealkylation sites (N-methyl/N-ethyl adjacent to an activating group) is 1. The lowest BCUT2D eigenvalue weighted by Gasteiger charge is -2.32. The Hall–Kier alpha value is -0.860. The molecule has 0 saturated heterocycles. The van der Waals surface area contributed by atoms with Crippen LogP contribution in [0.3, 0.4) is 0 Å². The van der Waals surface area contributed by atoms with Gasteiger partial charge >= 0.3 is 0 Å². The molecule has 1 fully saturated rings. The Balaban J connectivity index is 2.33. The molecule has 0 heterocycles. The van der Waals surface area contributed by atoms with Crippen LogP contribution in [0.15, 0.2) is 18.2 Å². The molecular formula is C15H24N2. The van der Waals surface area contributed by atoms with E-state index in [1.54, 1.807) is 0 Å². The second kappa shape index (κ2) is 5.19. The standard InChI is InChI=1S/C15H24N2/c1-4-17(13-8-9-13)14(10-16)15-11(2)6-5-7-12(15)3/h5-7,13-14H,4,8-10,16H2,1-3H3. The summed E-state index contributed by atoms with van der Waals surface area (Å²) in [6.07, 6.45) is 2.69. The molecule has 0 spiro atoms. The van der Waals surface area contributed by atoms with Crippen LogP contribution < -0.4 is 5.73 Å². The minimum absolute atomic E-state index is 0.397. The first-order valence-corrected chi connectivity index (χ1v) is 6.71. The van der Waals surface area contributed by atoms with Crippen LogP contribution in [0.4, 0.5) is 0 Å². The van der Waals surface area contributed by atoms with E-state index in [0.717, 1.165) is 19.1 Å². The van der Waals surface area contributed by atoms with Crippen LogP contribution in [0.25, 0.3) is 0 Å². The predicted molar refractivity (Wildman–Crippen MR) is 73.1 cm³/mol. The number of hydrogen-bond donors (Lipinski definition) is 1. The highest BCUT2D eigenvalue weighted by molar-refractivity contribution is 5.36. The average molecular weight is 232 g/mol. The first-order valence-electron chi connectivity index (χ1n) is 6.71. The molecule has 1 aliphatic rings. The Morgan fingerprint density at radius 2 is 1.88 bits per heavy atom. The minimum atomic E-state index is 0.397. The van der Waals surface area contributed by atoms with Gasteiger partial charge in [-0.05, 0) is 49.9 Å². The van der Waals surface area contributed by atoms with Gasteiger partial charge < -0.3 is 5.73 Å².